The first-order valence-electron chi connectivity index (χ1n) is 18.8. The molecule has 4 rings (SSSR count). The number of hydrogen-bond donors (Lipinski definition) is 1. The minimum atomic E-state index is -4.75. The standard InChI is InChI=1S/C45H48NO12P/c1-7-8-17-30(2)18-15-19-31(3)24-25-35-32(4)38(48)37(28-45(35,5)6)58-59(52,53-27-16-26-46)54-29-36(47)39-40(56-42(49)33-20-11-9-12-21-33)41(44(51)55-39)57-43(50)34-22-13-10-14-23-34/h7-15,17-25,36-37,39,47H,16,27-29H2,1-6H3/b8-7+,18-15+,25-24+,30-17+,31-19+/t36-,37?,39+,59?/m0/s1. The van der Waals surface area contributed by atoms with Crippen molar-refractivity contribution in [2.45, 2.75) is 72.7 Å². The highest BCUT2D eigenvalue weighted by Gasteiger charge is 2.47. The molecule has 0 fully saturated rings. The molecule has 0 saturated carbocycles. The summed E-state index contributed by atoms with van der Waals surface area (Å²) in [7, 11) is -4.75. The van der Waals surface area contributed by atoms with Crippen LogP contribution >= 0.6 is 7.82 Å². The molecule has 14 heteroatoms. The number of phosphoric acid groups is 1. The summed E-state index contributed by atoms with van der Waals surface area (Å²) in [5.74, 6) is -5.11. The second-order valence-electron chi connectivity index (χ2n) is 14.2. The molecule has 310 valence electrons. The number of carbonyl (C=O) groups excluding carboxylic acids is 4. The van der Waals surface area contributed by atoms with Gasteiger partial charge in [0.1, 0.15) is 12.2 Å². The summed E-state index contributed by atoms with van der Waals surface area (Å²) in [4.78, 5) is 52.9. The SMILES string of the molecule is C/C=C/C=C(C)/C=C/C=C(C)/C=C/C1=C(C)C(=O)C(OP(=O)(OCCC#N)OC[C@H](O)[C@H]2OC(=O)C(OC(=O)c3ccccc3)=C2OC(=O)c2ccccc2)CC1(C)C. The Labute approximate surface area is 344 Å². The Kier molecular flexibility index (Phi) is 16.6. The van der Waals surface area contributed by atoms with Crippen LogP contribution in [0.25, 0.3) is 0 Å². The van der Waals surface area contributed by atoms with Crippen molar-refractivity contribution in [2.24, 2.45) is 5.41 Å². The Morgan fingerprint density at radius 3 is 2.15 bits per heavy atom. The van der Waals surface area contributed by atoms with Gasteiger partial charge in [0.15, 0.2) is 11.9 Å². The van der Waals surface area contributed by atoms with Crippen molar-refractivity contribution in [3.8, 4) is 6.07 Å². The molecule has 1 aliphatic heterocycles. The molecule has 2 aromatic rings. The maximum atomic E-state index is 14.2. The zero-order valence-corrected chi connectivity index (χ0v) is 34.7. The van der Waals surface area contributed by atoms with Crippen molar-refractivity contribution in [1.29, 1.82) is 5.26 Å². The third-order valence-electron chi connectivity index (χ3n) is 9.06. The van der Waals surface area contributed by atoms with E-state index in [0.717, 1.165) is 16.7 Å². The van der Waals surface area contributed by atoms with E-state index < -0.39 is 80.0 Å². The second kappa shape index (κ2) is 21.3. The largest absolute Gasteiger partial charge is 0.475 e. The Hall–Kier alpha value is -5.74. The molecule has 0 radical (unpaired) electrons. The number of benzene rings is 2. The lowest BCUT2D eigenvalue weighted by molar-refractivity contribution is -0.148. The van der Waals surface area contributed by atoms with E-state index in [4.69, 9.17) is 33.0 Å². The van der Waals surface area contributed by atoms with Crippen LogP contribution in [0.5, 0.6) is 0 Å². The third-order valence-corrected chi connectivity index (χ3v) is 10.5. The first kappa shape index (κ1) is 46.0. The number of nitrogens with zero attached hydrogens (tertiary/aromatic N) is 1. The van der Waals surface area contributed by atoms with E-state index in [1.807, 2.05) is 89.3 Å². The number of nitriles is 1. The Bertz CT molecular complexity index is 2190. The molecule has 0 amide bonds. The van der Waals surface area contributed by atoms with Crippen LogP contribution in [-0.4, -0.2) is 60.3 Å². The van der Waals surface area contributed by atoms with Gasteiger partial charge in [0.05, 0.1) is 36.8 Å². The van der Waals surface area contributed by atoms with Gasteiger partial charge in [-0.1, -0.05) is 110 Å². The molecule has 1 aliphatic carbocycles. The van der Waals surface area contributed by atoms with Crippen LogP contribution in [0.2, 0.25) is 0 Å². The maximum absolute atomic E-state index is 14.2. The second-order valence-corrected chi connectivity index (χ2v) is 15.8. The number of cyclic esters (lactones) is 1. The summed E-state index contributed by atoms with van der Waals surface area (Å²) in [6.07, 6.45) is 10.3. The van der Waals surface area contributed by atoms with Crippen molar-refractivity contribution in [1.82, 2.24) is 0 Å². The quantitative estimate of drug-likeness (QED) is 0.0496. The van der Waals surface area contributed by atoms with Crippen molar-refractivity contribution in [3.63, 3.8) is 0 Å². The van der Waals surface area contributed by atoms with Gasteiger partial charge in [0, 0.05) is 0 Å². The van der Waals surface area contributed by atoms with E-state index in [-0.39, 0.29) is 24.0 Å². The van der Waals surface area contributed by atoms with Gasteiger partial charge >= 0.3 is 25.7 Å². The van der Waals surface area contributed by atoms with Gasteiger partial charge in [-0.25, -0.2) is 18.9 Å². The number of ether oxygens (including phenoxy) is 3. The fraction of sp³-hybridized carbons (Fsp3) is 0.311. The summed E-state index contributed by atoms with van der Waals surface area (Å²) in [5.41, 5.74) is 2.59. The Balaban J connectivity index is 1.56. The molecule has 1 N–H and O–H groups in total. The van der Waals surface area contributed by atoms with E-state index in [2.05, 4.69) is 0 Å². The highest BCUT2D eigenvalue weighted by Crippen LogP contribution is 2.54. The van der Waals surface area contributed by atoms with Crippen LogP contribution in [0.4, 0.5) is 0 Å². The van der Waals surface area contributed by atoms with Crippen LogP contribution in [0, 0.1) is 16.7 Å². The number of esters is 3. The van der Waals surface area contributed by atoms with E-state index in [9.17, 15) is 28.8 Å². The molecular formula is C45H48NO12P. The van der Waals surface area contributed by atoms with Gasteiger partial charge in [0.25, 0.3) is 5.76 Å². The molecule has 2 unspecified atom stereocenters. The fourth-order valence-electron chi connectivity index (χ4n) is 5.98. The van der Waals surface area contributed by atoms with Crippen LogP contribution in [0.15, 0.2) is 143 Å². The van der Waals surface area contributed by atoms with Gasteiger partial charge < -0.3 is 19.3 Å². The number of Topliss-reactive ketones (excluding diaryl/α,β-unsaturated/α-hetero) is 1. The average Bonchev–Trinajstić information content (AvgIpc) is 3.51. The van der Waals surface area contributed by atoms with E-state index >= 15 is 0 Å². The maximum Gasteiger partial charge on any atom is 0.475 e. The van der Waals surface area contributed by atoms with Crippen molar-refractivity contribution in [3.05, 3.63) is 154 Å². The summed E-state index contributed by atoms with van der Waals surface area (Å²) in [6.45, 7) is 9.98. The molecular weight excluding hydrogens is 777 g/mol. The van der Waals surface area contributed by atoms with Gasteiger partial charge in [-0.15, -0.1) is 0 Å². The lowest BCUT2D eigenvalue weighted by Gasteiger charge is -2.37. The average molecular weight is 826 g/mol. The summed E-state index contributed by atoms with van der Waals surface area (Å²) in [6, 6.07) is 17.2. The molecule has 0 spiro atoms. The lowest BCUT2D eigenvalue weighted by atomic mass is 9.71. The fourth-order valence-corrected chi connectivity index (χ4v) is 7.31. The van der Waals surface area contributed by atoms with E-state index in [1.165, 1.54) is 24.3 Å². The highest BCUT2D eigenvalue weighted by atomic mass is 31.2. The number of allylic oxidation sites excluding steroid dienone is 11. The number of aliphatic hydroxyl groups is 1. The Morgan fingerprint density at radius 2 is 1.54 bits per heavy atom. The molecule has 13 nitrogen and oxygen atoms in total. The summed E-state index contributed by atoms with van der Waals surface area (Å²) >= 11 is 0. The molecule has 4 atom stereocenters. The molecule has 0 saturated heterocycles. The highest BCUT2D eigenvalue weighted by molar-refractivity contribution is 7.48. The molecule has 0 aromatic heterocycles. The molecule has 0 bridgehead atoms. The summed E-state index contributed by atoms with van der Waals surface area (Å²) < 4.78 is 47.0. The van der Waals surface area contributed by atoms with Crippen molar-refractivity contribution in [2.75, 3.05) is 13.2 Å². The van der Waals surface area contributed by atoms with Crippen LogP contribution in [-0.2, 0) is 41.9 Å². The number of aliphatic hydroxyl groups excluding tert-OH is 1. The third kappa shape index (κ3) is 12.9. The monoisotopic (exact) mass is 825 g/mol. The molecule has 2 aromatic carbocycles. The number of ketones is 1. The predicted molar refractivity (Wildman–Crippen MR) is 218 cm³/mol. The first-order valence-corrected chi connectivity index (χ1v) is 20.3. The van der Waals surface area contributed by atoms with Gasteiger partial charge in [-0.3, -0.25) is 18.4 Å². The Morgan fingerprint density at radius 1 is 0.949 bits per heavy atom. The van der Waals surface area contributed by atoms with Crippen molar-refractivity contribution >= 4 is 31.5 Å². The first-order chi connectivity index (χ1) is 28.1. The molecule has 2 aliphatic rings. The topological polar surface area (TPSA) is 185 Å². The zero-order chi connectivity index (χ0) is 43.2. The molecule has 1 heterocycles. The van der Waals surface area contributed by atoms with Crippen LogP contribution in [0.3, 0.4) is 0 Å². The van der Waals surface area contributed by atoms with Gasteiger partial charge in [-0.2, -0.15) is 5.26 Å². The molecule has 59 heavy (non-hydrogen) atoms. The number of hydrogen-bond acceptors (Lipinski definition) is 13. The van der Waals surface area contributed by atoms with Crippen LogP contribution < -0.4 is 0 Å². The predicted octanol–water partition coefficient (Wildman–Crippen LogP) is 8.54. The number of rotatable bonds is 18. The lowest BCUT2D eigenvalue weighted by Crippen LogP contribution is -2.38. The summed E-state index contributed by atoms with van der Waals surface area (Å²) in [5, 5.41) is 20.4. The smallest absolute Gasteiger partial charge is 0.445 e. The number of carbonyl (C=O) groups is 4. The minimum Gasteiger partial charge on any atom is -0.445 e. The van der Waals surface area contributed by atoms with E-state index in [0.29, 0.717) is 5.57 Å². The van der Waals surface area contributed by atoms with Gasteiger partial charge in [-0.05, 0) is 74.9 Å². The normalized spacial score (nSPS) is 20.2. The minimum absolute atomic E-state index is 0.0622. The zero-order valence-electron chi connectivity index (χ0n) is 33.8. The van der Waals surface area contributed by atoms with E-state index in [1.54, 1.807) is 43.3 Å². The number of phosphoric ester groups is 1. The van der Waals surface area contributed by atoms with Crippen LogP contribution in [0.1, 0.15) is 75.1 Å². The van der Waals surface area contributed by atoms with Gasteiger partial charge in [0.2, 0.25) is 5.76 Å². The van der Waals surface area contributed by atoms with Crippen molar-refractivity contribution < 1.29 is 56.6 Å².